The number of ether oxygens (including phenoxy) is 5. The van der Waals surface area contributed by atoms with Crippen molar-refractivity contribution in [2.75, 3.05) is 19.8 Å². The summed E-state index contributed by atoms with van der Waals surface area (Å²) in [6, 6.07) is 18.4. The quantitative estimate of drug-likeness (QED) is 0.263. The first-order chi connectivity index (χ1) is 15.5. The van der Waals surface area contributed by atoms with Crippen LogP contribution in [-0.2, 0) is 25.6 Å². The zero-order chi connectivity index (χ0) is 22.6. The molecule has 0 N–H and O–H groups in total. The molecule has 0 atom stereocenters. The van der Waals surface area contributed by atoms with Crippen LogP contribution in [0.4, 0.5) is 0 Å². The van der Waals surface area contributed by atoms with Crippen molar-refractivity contribution in [2.45, 2.75) is 26.4 Å². The zero-order valence-corrected chi connectivity index (χ0v) is 18.0. The predicted octanol–water partition coefficient (Wildman–Crippen LogP) is 4.47. The van der Waals surface area contributed by atoms with Crippen LogP contribution >= 0.6 is 0 Å². The lowest BCUT2D eigenvalue weighted by atomic mass is 10.0. The third kappa shape index (κ3) is 4.50. The molecule has 0 saturated carbocycles. The number of hydrogen-bond acceptors (Lipinski definition) is 7. The number of carbonyl (C=O) groups excluding carboxylic acids is 2. The molecular weight excluding hydrogens is 412 g/mol. The molecule has 3 aromatic rings. The highest BCUT2D eigenvalue weighted by molar-refractivity contribution is 6.17. The van der Waals surface area contributed by atoms with Gasteiger partial charge in [0.25, 0.3) is 0 Å². The number of benzene rings is 3. The summed E-state index contributed by atoms with van der Waals surface area (Å²) in [7, 11) is 0. The number of hydrogen-bond donors (Lipinski definition) is 0. The average Bonchev–Trinajstić information content (AvgIpc) is 3.08. The van der Waals surface area contributed by atoms with E-state index in [4.69, 9.17) is 23.7 Å². The molecule has 0 bridgehead atoms. The first kappa shape index (κ1) is 22.0. The van der Waals surface area contributed by atoms with Gasteiger partial charge >= 0.3 is 17.9 Å². The second-order valence-corrected chi connectivity index (χ2v) is 7.16. The first-order valence-electron chi connectivity index (χ1n) is 10.5. The highest BCUT2D eigenvalue weighted by atomic mass is 16.9. The van der Waals surface area contributed by atoms with Gasteiger partial charge in [0.1, 0.15) is 5.75 Å². The summed E-state index contributed by atoms with van der Waals surface area (Å²) in [6.07, 6.45) is 0. The highest BCUT2D eigenvalue weighted by Crippen LogP contribution is 2.32. The van der Waals surface area contributed by atoms with Crippen LogP contribution in [0, 0.1) is 0 Å². The fourth-order valence-corrected chi connectivity index (χ4v) is 3.58. The molecule has 0 amide bonds. The van der Waals surface area contributed by atoms with Crippen molar-refractivity contribution in [1.82, 2.24) is 0 Å². The maximum atomic E-state index is 12.0. The molecule has 7 heteroatoms. The van der Waals surface area contributed by atoms with Crippen molar-refractivity contribution in [3.8, 4) is 5.75 Å². The summed E-state index contributed by atoms with van der Waals surface area (Å²) in [5.74, 6) is -2.21. The molecule has 0 radical (unpaired) electrons. The van der Waals surface area contributed by atoms with E-state index in [0.29, 0.717) is 24.3 Å². The topological polar surface area (TPSA) is 80.3 Å². The van der Waals surface area contributed by atoms with Crippen LogP contribution in [0.5, 0.6) is 5.75 Å². The third-order valence-corrected chi connectivity index (χ3v) is 5.04. The fraction of sp³-hybridized carbons (Fsp3) is 0.280. The molecular formula is C25H24O7. The van der Waals surface area contributed by atoms with E-state index in [-0.39, 0.29) is 24.3 Å². The molecule has 0 fully saturated rings. The summed E-state index contributed by atoms with van der Waals surface area (Å²) < 4.78 is 28.5. The van der Waals surface area contributed by atoms with E-state index in [1.54, 1.807) is 24.3 Å². The second-order valence-electron chi connectivity index (χ2n) is 7.16. The van der Waals surface area contributed by atoms with Crippen molar-refractivity contribution in [3.05, 3.63) is 77.4 Å². The SMILES string of the molecule is CCOC(COc1cccc2cc3c(cc12)C(=O)OC3=O)(OCC)OCc1ccccc1. The van der Waals surface area contributed by atoms with Gasteiger partial charge in [0.05, 0.1) is 17.7 Å². The lowest BCUT2D eigenvalue weighted by molar-refractivity contribution is -0.390. The van der Waals surface area contributed by atoms with Crippen LogP contribution in [0.25, 0.3) is 10.8 Å². The summed E-state index contributed by atoms with van der Waals surface area (Å²) in [5.41, 5.74) is 1.45. The van der Waals surface area contributed by atoms with Crippen LogP contribution in [-0.4, -0.2) is 37.7 Å². The van der Waals surface area contributed by atoms with Crippen molar-refractivity contribution >= 4 is 22.7 Å². The molecule has 0 spiro atoms. The van der Waals surface area contributed by atoms with Gasteiger partial charge in [0.15, 0.2) is 6.61 Å². The van der Waals surface area contributed by atoms with Gasteiger partial charge in [-0.3, -0.25) is 0 Å². The minimum atomic E-state index is -1.41. The Balaban J connectivity index is 1.60. The van der Waals surface area contributed by atoms with Crippen LogP contribution in [0.15, 0.2) is 60.7 Å². The van der Waals surface area contributed by atoms with Crippen LogP contribution < -0.4 is 4.74 Å². The molecule has 0 unspecified atom stereocenters. The lowest BCUT2D eigenvalue weighted by Gasteiger charge is -2.32. The predicted molar refractivity (Wildman–Crippen MR) is 116 cm³/mol. The Kier molecular flexibility index (Phi) is 6.50. The van der Waals surface area contributed by atoms with Crippen molar-refractivity contribution in [3.63, 3.8) is 0 Å². The van der Waals surface area contributed by atoms with Crippen molar-refractivity contribution in [1.29, 1.82) is 0 Å². The Labute approximate surface area is 185 Å². The van der Waals surface area contributed by atoms with E-state index in [1.807, 2.05) is 50.2 Å². The number of esters is 2. The molecule has 7 nitrogen and oxygen atoms in total. The third-order valence-electron chi connectivity index (χ3n) is 5.04. The van der Waals surface area contributed by atoms with Crippen LogP contribution in [0.2, 0.25) is 0 Å². The van der Waals surface area contributed by atoms with Gasteiger partial charge in [-0.05, 0) is 43.0 Å². The van der Waals surface area contributed by atoms with Gasteiger partial charge in [0.2, 0.25) is 0 Å². The summed E-state index contributed by atoms with van der Waals surface area (Å²) >= 11 is 0. The molecule has 32 heavy (non-hydrogen) atoms. The monoisotopic (exact) mass is 436 g/mol. The molecule has 1 heterocycles. The fourth-order valence-electron chi connectivity index (χ4n) is 3.58. The average molecular weight is 436 g/mol. The molecule has 1 aliphatic heterocycles. The Hall–Kier alpha value is -3.26. The summed E-state index contributed by atoms with van der Waals surface area (Å²) in [5, 5.41) is 1.42. The minimum absolute atomic E-state index is 0.0406. The van der Waals surface area contributed by atoms with E-state index in [0.717, 1.165) is 10.9 Å². The number of fused-ring (bicyclic) bond motifs is 2. The van der Waals surface area contributed by atoms with Gasteiger partial charge < -0.3 is 23.7 Å². The minimum Gasteiger partial charge on any atom is -0.484 e. The van der Waals surface area contributed by atoms with E-state index in [2.05, 4.69) is 0 Å². The normalized spacial score (nSPS) is 13.3. The van der Waals surface area contributed by atoms with E-state index in [1.165, 1.54) is 0 Å². The smallest absolute Gasteiger partial charge is 0.346 e. The summed E-state index contributed by atoms with van der Waals surface area (Å²) in [4.78, 5) is 23.9. The number of carbonyl (C=O) groups is 2. The largest absolute Gasteiger partial charge is 0.484 e. The standard InChI is InChI=1S/C25H24O7/c1-3-29-25(30-4-2,31-15-17-9-6-5-7-10-17)16-28-22-12-8-11-18-13-20-21(14-19(18)22)24(27)32-23(20)26/h5-14H,3-4,15-16H2,1-2H3. The van der Waals surface area contributed by atoms with E-state index < -0.39 is 17.9 Å². The lowest BCUT2D eigenvalue weighted by Crippen LogP contribution is -2.45. The maximum Gasteiger partial charge on any atom is 0.346 e. The summed E-state index contributed by atoms with van der Waals surface area (Å²) in [6.45, 7) is 4.65. The zero-order valence-electron chi connectivity index (χ0n) is 18.0. The van der Waals surface area contributed by atoms with E-state index >= 15 is 0 Å². The molecule has 0 aliphatic carbocycles. The van der Waals surface area contributed by atoms with Gasteiger partial charge in [-0.25, -0.2) is 9.59 Å². The molecule has 166 valence electrons. The molecule has 4 rings (SSSR count). The Morgan fingerprint density at radius 2 is 1.50 bits per heavy atom. The Morgan fingerprint density at radius 3 is 2.19 bits per heavy atom. The number of cyclic esters (lactones) is 2. The second kappa shape index (κ2) is 9.48. The van der Waals surface area contributed by atoms with Crippen molar-refractivity contribution < 1.29 is 33.3 Å². The first-order valence-corrected chi connectivity index (χ1v) is 10.5. The van der Waals surface area contributed by atoms with Crippen LogP contribution in [0.3, 0.4) is 0 Å². The van der Waals surface area contributed by atoms with Crippen LogP contribution in [0.1, 0.15) is 40.1 Å². The van der Waals surface area contributed by atoms with E-state index in [9.17, 15) is 9.59 Å². The van der Waals surface area contributed by atoms with Gasteiger partial charge in [-0.2, -0.15) is 0 Å². The number of rotatable bonds is 10. The molecule has 3 aromatic carbocycles. The Morgan fingerprint density at radius 1 is 0.812 bits per heavy atom. The van der Waals surface area contributed by atoms with Gasteiger partial charge in [-0.15, -0.1) is 0 Å². The Bertz CT molecular complexity index is 1120. The molecule has 1 aliphatic rings. The van der Waals surface area contributed by atoms with Gasteiger partial charge in [0, 0.05) is 18.6 Å². The van der Waals surface area contributed by atoms with Crippen molar-refractivity contribution in [2.24, 2.45) is 0 Å². The molecule has 0 saturated heterocycles. The highest BCUT2D eigenvalue weighted by Gasteiger charge is 2.35. The van der Waals surface area contributed by atoms with Gasteiger partial charge in [-0.1, -0.05) is 42.5 Å². The molecule has 0 aromatic heterocycles. The maximum absolute atomic E-state index is 12.0.